The van der Waals surface area contributed by atoms with E-state index in [4.69, 9.17) is 0 Å². The Bertz CT molecular complexity index is 522. The summed E-state index contributed by atoms with van der Waals surface area (Å²) in [6.07, 6.45) is 5.52. The van der Waals surface area contributed by atoms with E-state index >= 15 is 0 Å². The third-order valence-corrected chi connectivity index (χ3v) is 7.06. The smallest absolute Gasteiger partial charge is 0.140 e. The van der Waals surface area contributed by atoms with Gasteiger partial charge in [-0.25, -0.2) is 0 Å². The van der Waals surface area contributed by atoms with Gasteiger partial charge in [0.15, 0.2) is 0 Å². The minimum absolute atomic E-state index is 0.0600. The minimum atomic E-state index is -0.0600. The van der Waals surface area contributed by atoms with Crippen molar-refractivity contribution < 1.29 is 4.79 Å². The normalized spacial score (nSPS) is 35.3. The van der Waals surface area contributed by atoms with Crippen LogP contribution in [0.25, 0.3) is 0 Å². The summed E-state index contributed by atoms with van der Waals surface area (Å²) in [4.78, 5) is 14.1. The molecular formula is C19H26OS. The third-order valence-electron chi connectivity index (χ3n) is 5.82. The molecule has 0 aromatic heterocycles. The van der Waals surface area contributed by atoms with Crippen LogP contribution in [0.3, 0.4) is 0 Å². The summed E-state index contributed by atoms with van der Waals surface area (Å²) >= 11 is 1.90. The average molecular weight is 302 g/mol. The number of benzene rings is 1. The molecule has 1 aromatic rings. The van der Waals surface area contributed by atoms with Crippen LogP contribution in [-0.2, 0) is 4.79 Å². The quantitative estimate of drug-likeness (QED) is 0.733. The van der Waals surface area contributed by atoms with Crippen molar-refractivity contribution in [2.75, 3.05) is 0 Å². The first-order valence-corrected chi connectivity index (χ1v) is 9.05. The van der Waals surface area contributed by atoms with Gasteiger partial charge >= 0.3 is 0 Å². The molecule has 0 amide bonds. The molecular weight excluding hydrogens is 276 g/mol. The summed E-state index contributed by atoms with van der Waals surface area (Å²) in [7, 11) is 0. The molecule has 0 radical (unpaired) electrons. The van der Waals surface area contributed by atoms with Gasteiger partial charge in [-0.2, -0.15) is 0 Å². The Hall–Kier alpha value is -0.760. The Labute approximate surface area is 132 Å². The van der Waals surface area contributed by atoms with E-state index in [1.165, 1.54) is 24.2 Å². The van der Waals surface area contributed by atoms with Crippen molar-refractivity contribution in [3.63, 3.8) is 0 Å². The molecule has 21 heavy (non-hydrogen) atoms. The monoisotopic (exact) mass is 302 g/mol. The summed E-state index contributed by atoms with van der Waals surface area (Å²) in [5.41, 5.74) is 0.244. The zero-order chi connectivity index (χ0) is 15.1. The molecule has 0 unspecified atom stereocenters. The van der Waals surface area contributed by atoms with Crippen molar-refractivity contribution >= 4 is 17.5 Å². The molecule has 1 nitrogen and oxygen atoms in total. The number of hydrogen-bond donors (Lipinski definition) is 0. The molecule has 2 heteroatoms. The lowest BCUT2D eigenvalue weighted by Crippen LogP contribution is -2.51. The van der Waals surface area contributed by atoms with E-state index in [0.29, 0.717) is 22.4 Å². The second-order valence-electron chi connectivity index (χ2n) is 7.73. The van der Waals surface area contributed by atoms with Crippen LogP contribution in [0.2, 0.25) is 0 Å². The maximum absolute atomic E-state index is 12.8. The SMILES string of the molecule is CC1(C)CCC[C@]2(C)C(=O)C[C@@H](Sc3ccccc3)C[C@@H]12. The van der Waals surface area contributed by atoms with Gasteiger partial charge in [-0.3, -0.25) is 4.79 Å². The highest BCUT2D eigenvalue weighted by Gasteiger charge is 2.53. The van der Waals surface area contributed by atoms with E-state index in [0.717, 1.165) is 12.8 Å². The van der Waals surface area contributed by atoms with Gasteiger partial charge in [0.2, 0.25) is 0 Å². The lowest BCUT2D eigenvalue weighted by molar-refractivity contribution is -0.142. The first kappa shape index (κ1) is 15.1. The van der Waals surface area contributed by atoms with Gasteiger partial charge in [0.1, 0.15) is 5.78 Å². The first-order valence-electron chi connectivity index (χ1n) is 8.17. The van der Waals surface area contributed by atoms with Crippen LogP contribution in [0.5, 0.6) is 0 Å². The van der Waals surface area contributed by atoms with E-state index in [1.807, 2.05) is 11.8 Å². The number of hydrogen-bond acceptors (Lipinski definition) is 2. The van der Waals surface area contributed by atoms with Crippen molar-refractivity contribution in [3.05, 3.63) is 30.3 Å². The third kappa shape index (κ3) is 2.79. The summed E-state index contributed by atoms with van der Waals surface area (Å²) in [6, 6.07) is 10.5. The predicted molar refractivity (Wildman–Crippen MR) is 89.6 cm³/mol. The maximum Gasteiger partial charge on any atom is 0.140 e. The van der Waals surface area contributed by atoms with Gasteiger partial charge in [0.25, 0.3) is 0 Å². The molecule has 2 aliphatic rings. The fourth-order valence-electron chi connectivity index (χ4n) is 4.60. The second-order valence-corrected chi connectivity index (χ2v) is 9.10. The Morgan fingerprint density at radius 3 is 2.52 bits per heavy atom. The van der Waals surface area contributed by atoms with E-state index in [2.05, 4.69) is 51.1 Å². The highest BCUT2D eigenvalue weighted by atomic mass is 32.2. The van der Waals surface area contributed by atoms with Crippen molar-refractivity contribution in [1.29, 1.82) is 0 Å². The molecule has 114 valence electrons. The Morgan fingerprint density at radius 2 is 1.81 bits per heavy atom. The molecule has 3 rings (SSSR count). The molecule has 0 spiro atoms. The van der Waals surface area contributed by atoms with Crippen LogP contribution in [-0.4, -0.2) is 11.0 Å². The van der Waals surface area contributed by atoms with Gasteiger partial charge in [0.05, 0.1) is 0 Å². The van der Waals surface area contributed by atoms with E-state index < -0.39 is 0 Å². The summed E-state index contributed by atoms with van der Waals surface area (Å²) < 4.78 is 0. The number of ketones is 1. The molecule has 2 fully saturated rings. The van der Waals surface area contributed by atoms with Crippen LogP contribution >= 0.6 is 11.8 Å². The van der Waals surface area contributed by atoms with E-state index in [9.17, 15) is 4.79 Å². The largest absolute Gasteiger partial charge is 0.299 e. The summed E-state index contributed by atoms with van der Waals surface area (Å²) in [5, 5.41) is 0.454. The van der Waals surface area contributed by atoms with Crippen molar-refractivity contribution in [2.24, 2.45) is 16.7 Å². The van der Waals surface area contributed by atoms with Crippen LogP contribution in [0.1, 0.15) is 52.9 Å². The molecule has 2 saturated carbocycles. The summed E-state index contributed by atoms with van der Waals surface area (Å²) in [5.74, 6) is 1.06. The number of Topliss-reactive ketones (excluding diaryl/α,β-unsaturated/α-hetero) is 1. The standard InChI is InChI=1S/C19H26OS/c1-18(2)10-7-11-19(3)16(18)12-15(13-17(19)20)21-14-8-5-4-6-9-14/h4-6,8-9,15-16H,7,10-13H2,1-3H3/t15-,16-,19-/m0/s1. The number of rotatable bonds is 2. The topological polar surface area (TPSA) is 17.1 Å². The van der Waals surface area contributed by atoms with Crippen molar-refractivity contribution in [1.82, 2.24) is 0 Å². The van der Waals surface area contributed by atoms with E-state index in [1.54, 1.807) is 0 Å². The number of thioether (sulfide) groups is 1. The van der Waals surface area contributed by atoms with Gasteiger partial charge in [-0.05, 0) is 42.7 Å². The predicted octanol–water partition coefficient (Wildman–Crippen LogP) is 5.34. The summed E-state index contributed by atoms with van der Waals surface area (Å²) in [6.45, 7) is 6.99. The fraction of sp³-hybridized carbons (Fsp3) is 0.632. The number of carbonyl (C=O) groups is 1. The van der Waals surface area contributed by atoms with Crippen LogP contribution < -0.4 is 0 Å². The van der Waals surface area contributed by atoms with Gasteiger partial charge in [0, 0.05) is 22.0 Å². The molecule has 0 N–H and O–H groups in total. The Kier molecular flexibility index (Phi) is 3.94. The second kappa shape index (κ2) is 5.46. The molecule has 2 aliphatic carbocycles. The van der Waals surface area contributed by atoms with Crippen LogP contribution in [0.15, 0.2) is 35.2 Å². The van der Waals surface area contributed by atoms with Gasteiger partial charge < -0.3 is 0 Å². The number of carbonyl (C=O) groups excluding carboxylic acids is 1. The molecule has 0 bridgehead atoms. The zero-order valence-corrected chi connectivity index (χ0v) is 14.2. The van der Waals surface area contributed by atoms with Gasteiger partial charge in [-0.1, -0.05) is 45.4 Å². The van der Waals surface area contributed by atoms with E-state index in [-0.39, 0.29) is 5.41 Å². The highest BCUT2D eigenvalue weighted by Crippen LogP contribution is 2.57. The highest BCUT2D eigenvalue weighted by molar-refractivity contribution is 8.00. The first-order chi connectivity index (χ1) is 9.92. The van der Waals surface area contributed by atoms with Gasteiger partial charge in [-0.15, -0.1) is 11.8 Å². The number of fused-ring (bicyclic) bond motifs is 1. The lowest BCUT2D eigenvalue weighted by atomic mass is 9.51. The Balaban J connectivity index is 1.81. The molecule has 1 aromatic carbocycles. The Morgan fingerprint density at radius 1 is 1.10 bits per heavy atom. The molecule has 0 saturated heterocycles. The van der Waals surface area contributed by atoms with Crippen molar-refractivity contribution in [3.8, 4) is 0 Å². The molecule has 0 aliphatic heterocycles. The van der Waals surface area contributed by atoms with Crippen LogP contribution in [0, 0.1) is 16.7 Å². The van der Waals surface area contributed by atoms with Crippen LogP contribution in [0.4, 0.5) is 0 Å². The molecule has 0 heterocycles. The lowest BCUT2D eigenvalue weighted by Gasteiger charge is -2.54. The fourth-order valence-corrected chi connectivity index (χ4v) is 5.82. The molecule has 3 atom stereocenters. The maximum atomic E-state index is 12.8. The minimum Gasteiger partial charge on any atom is -0.299 e. The zero-order valence-electron chi connectivity index (χ0n) is 13.4. The van der Waals surface area contributed by atoms with Crippen molar-refractivity contribution in [2.45, 2.75) is 63.0 Å². The average Bonchev–Trinajstić information content (AvgIpc) is 2.42.